The molecule has 0 radical (unpaired) electrons. The highest BCUT2D eigenvalue weighted by Gasteiger charge is 2.46. The maximum absolute atomic E-state index is 12.8. The molecule has 8 heteroatoms. The largest absolute Gasteiger partial charge is 0.482 e. The normalized spacial score (nSPS) is 24.9. The zero-order chi connectivity index (χ0) is 24.7. The second-order valence-electron chi connectivity index (χ2n) is 9.81. The molecule has 2 saturated carbocycles. The first kappa shape index (κ1) is 26.3. The molecule has 0 heterocycles. The van der Waals surface area contributed by atoms with Crippen molar-refractivity contribution in [2.75, 3.05) is 6.61 Å². The van der Waals surface area contributed by atoms with Gasteiger partial charge in [-0.1, -0.05) is 57.2 Å². The van der Waals surface area contributed by atoms with Gasteiger partial charge in [-0.3, -0.25) is 9.59 Å². The molecule has 2 aliphatic carbocycles. The number of carbonyl (C=O) groups is 3. The number of aliphatic hydroxyl groups excluding tert-OH is 2. The third-order valence-electron chi connectivity index (χ3n) is 7.08. The number of carbonyl (C=O) groups excluding carboxylic acids is 3. The summed E-state index contributed by atoms with van der Waals surface area (Å²) in [6.07, 6.45) is 2.85. The Labute approximate surface area is 200 Å². The molecule has 0 aliphatic heterocycles. The molecule has 0 saturated heterocycles. The number of ketones is 2. The standard InChI is InChI=1S/C26H37NO7/c1-16(12-21(29)25(31)19(27)13-17-8-4-2-5-9-17)24-20(28)14-22(26(24)32)34-23(30)15-33-18-10-6-3-7-11-18/h3,6-7,10-11,16-17,19,21-22,24-25,29,31H,2,4-5,8-9,12-15,27H2,1H3/t16?,19-,21+,22-,24?,25+/m0/s1. The van der Waals surface area contributed by atoms with Gasteiger partial charge in [-0.2, -0.15) is 0 Å². The van der Waals surface area contributed by atoms with Crippen LogP contribution in [0.5, 0.6) is 5.75 Å². The van der Waals surface area contributed by atoms with Crippen LogP contribution in [0.2, 0.25) is 0 Å². The van der Waals surface area contributed by atoms with E-state index < -0.39 is 47.9 Å². The summed E-state index contributed by atoms with van der Waals surface area (Å²) < 4.78 is 10.5. The molecule has 34 heavy (non-hydrogen) atoms. The lowest BCUT2D eigenvalue weighted by atomic mass is 9.81. The van der Waals surface area contributed by atoms with Gasteiger partial charge in [0, 0.05) is 6.04 Å². The van der Waals surface area contributed by atoms with Crippen LogP contribution in [-0.2, 0) is 19.1 Å². The monoisotopic (exact) mass is 475 g/mol. The number of para-hydroxylation sites is 1. The Bertz CT molecular complexity index is 824. The van der Waals surface area contributed by atoms with Gasteiger partial charge in [0.1, 0.15) is 11.5 Å². The number of rotatable bonds is 11. The van der Waals surface area contributed by atoms with Crippen molar-refractivity contribution in [2.24, 2.45) is 23.5 Å². The first-order valence-corrected chi connectivity index (χ1v) is 12.3. The maximum atomic E-state index is 12.8. The Kier molecular flexibility index (Phi) is 9.62. The minimum Gasteiger partial charge on any atom is -0.482 e. The lowest BCUT2D eigenvalue weighted by molar-refractivity contribution is -0.156. The Hall–Kier alpha value is -2.29. The van der Waals surface area contributed by atoms with Crippen LogP contribution in [0.25, 0.3) is 0 Å². The van der Waals surface area contributed by atoms with Crippen LogP contribution < -0.4 is 10.5 Å². The van der Waals surface area contributed by atoms with Crippen molar-refractivity contribution < 1.29 is 34.1 Å². The van der Waals surface area contributed by atoms with Gasteiger partial charge >= 0.3 is 5.97 Å². The number of ether oxygens (including phenoxy) is 2. The van der Waals surface area contributed by atoms with Crippen LogP contribution in [0.4, 0.5) is 0 Å². The highest BCUT2D eigenvalue weighted by molar-refractivity contribution is 6.12. The highest BCUT2D eigenvalue weighted by atomic mass is 16.6. The molecule has 0 amide bonds. The van der Waals surface area contributed by atoms with Crippen LogP contribution in [0.1, 0.15) is 58.3 Å². The van der Waals surface area contributed by atoms with Gasteiger partial charge in [-0.25, -0.2) is 4.79 Å². The van der Waals surface area contributed by atoms with E-state index in [0.717, 1.165) is 12.8 Å². The summed E-state index contributed by atoms with van der Waals surface area (Å²) in [7, 11) is 0. The molecule has 1 aromatic rings. The zero-order valence-electron chi connectivity index (χ0n) is 19.8. The zero-order valence-corrected chi connectivity index (χ0v) is 19.8. The minimum atomic E-state index is -1.15. The summed E-state index contributed by atoms with van der Waals surface area (Å²) in [4.78, 5) is 37.4. The Morgan fingerprint density at radius 3 is 2.47 bits per heavy atom. The molecule has 4 N–H and O–H groups in total. The van der Waals surface area contributed by atoms with Gasteiger partial charge in [-0.05, 0) is 36.8 Å². The van der Waals surface area contributed by atoms with Gasteiger partial charge < -0.3 is 25.4 Å². The molecule has 0 bridgehead atoms. The van der Waals surface area contributed by atoms with E-state index >= 15 is 0 Å². The van der Waals surface area contributed by atoms with Crippen molar-refractivity contribution in [3.63, 3.8) is 0 Å². The molecule has 188 valence electrons. The Morgan fingerprint density at radius 1 is 1.12 bits per heavy atom. The first-order valence-electron chi connectivity index (χ1n) is 12.3. The number of hydrogen-bond donors (Lipinski definition) is 3. The summed E-state index contributed by atoms with van der Waals surface area (Å²) in [5.74, 6) is -2.07. The summed E-state index contributed by atoms with van der Waals surface area (Å²) in [6, 6.07) is 8.17. The fourth-order valence-electron chi connectivity index (χ4n) is 5.21. The molecule has 2 aliphatic rings. The quantitative estimate of drug-likeness (QED) is 0.327. The van der Waals surface area contributed by atoms with Crippen molar-refractivity contribution in [1.82, 2.24) is 0 Å². The van der Waals surface area contributed by atoms with Crippen LogP contribution in [-0.4, -0.2) is 58.7 Å². The van der Waals surface area contributed by atoms with E-state index in [2.05, 4.69) is 0 Å². The summed E-state index contributed by atoms with van der Waals surface area (Å²) in [5, 5.41) is 21.1. The van der Waals surface area contributed by atoms with E-state index in [1.165, 1.54) is 19.3 Å². The van der Waals surface area contributed by atoms with E-state index in [0.29, 0.717) is 18.1 Å². The molecule has 3 rings (SSSR count). The van der Waals surface area contributed by atoms with E-state index in [1.807, 2.05) is 6.07 Å². The van der Waals surface area contributed by atoms with E-state index in [1.54, 1.807) is 31.2 Å². The third kappa shape index (κ3) is 7.10. The minimum absolute atomic E-state index is 0.0550. The topological polar surface area (TPSA) is 136 Å². The Balaban J connectivity index is 1.47. The molecule has 0 aromatic heterocycles. The fourth-order valence-corrected chi connectivity index (χ4v) is 5.21. The van der Waals surface area contributed by atoms with Gasteiger partial charge in [-0.15, -0.1) is 0 Å². The van der Waals surface area contributed by atoms with Gasteiger partial charge in [0.25, 0.3) is 0 Å². The van der Waals surface area contributed by atoms with Crippen LogP contribution in [0.15, 0.2) is 30.3 Å². The van der Waals surface area contributed by atoms with Crippen molar-refractivity contribution in [2.45, 2.75) is 82.6 Å². The summed E-state index contributed by atoms with van der Waals surface area (Å²) in [6.45, 7) is 1.32. The van der Waals surface area contributed by atoms with Crippen molar-refractivity contribution in [3.05, 3.63) is 30.3 Å². The third-order valence-corrected chi connectivity index (χ3v) is 7.08. The van der Waals surface area contributed by atoms with Gasteiger partial charge in [0.2, 0.25) is 0 Å². The number of hydrogen-bond acceptors (Lipinski definition) is 8. The second kappa shape index (κ2) is 12.4. The van der Waals surface area contributed by atoms with Crippen molar-refractivity contribution in [1.29, 1.82) is 0 Å². The van der Waals surface area contributed by atoms with Crippen LogP contribution in [0.3, 0.4) is 0 Å². The van der Waals surface area contributed by atoms with E-state index in [9.17, 15) is 24.6 Å². The molecular formula is C26H37NO7. The maximum Gasteiger partial charge on any atom is 0.344 e. The first-order chi connectivity index (χ1) is 16.3. The molecule has 6 atom stereocenters. The second-order valence-corrected chi connectivity index (χ2v) is 9.81. The van der Waals surface area contributed by atoms with Crippen LogP contribution in [0, 0.1) is 17.8 Å². The van der Waals surface area contributed by atoms with Gasteiger partial charge in [0.05, 0.1) is 24.5 Å². The van der Waals surface area contributed by atoms with Gasteiger partial charge in [0.15, 0.2) is 18.5 Å². The van der Waals surface area contributed by atoms with Crippen LogP contribution >= 0.6 is 0 Å². The molecule has 1 aromatic carbocycles. The van der Waals surface area contributed by atoms with E-state index in [4.69, 9.17) is 15.2 Å². The molecule has 2 unspecified atom stereocenters. The Morgan fingerprint density at radius 2 is 1.79 bits per heavy atom. The summed E-state index contributed by atoms with van der Waals surface area (Å²) >= 11 is 0. The van der Waals surface area contributed by atoms with Crippen molar-refractivity contribution in [3.8, 4) is 5.75 Å². The predicted molar refractivity (Wildman–Crippen MR) is 125 cm³/mol. The number of esters is 1. The lowest BCUT2D eigenvalue weighted by Gasteiger charge is -2.30. The van der Waals surface area contributed by atoms with E-state index in [-0.39, 0.29) is 25.2 Å². The predicted octanol–water partition coefficient (Wildman–Crippen LogP) is 2.18. The molecular weight excluding hydrogens is 438 g/mol. The molecule has 8 nitrogen and oxygen atoms in total. The highest BCUT2D eigenvalue weighted by Crippen LogP contribution is 2.32. The smallest absolute Gasteiger partial charge is 0.344 e. The number of aliphatic hydroxyl groups is 2. The molecule has 0 spiro atoms. The summed E-state index contributed by atoms with van der Waals surface area (Å²) in [5.41, 5.74) is 6.17. The lowest BCUT2D eigenvalue weighted by Crippen LogP contribution is -2.45. The molecule has 2 fully saturated rings. The average Bonchev–Trinajstić information content (AvgIpc) is 3.10. The fraction of sp³-hybridized carbons (Fsp3) is 0.654. The number of benzene rings is 1. The average molecular weight is 476 g/mol. The SMILES string of the molecule is CC(C[C@@H](O)[C@H](O)[C@@H](N)CC1CCCCC1)C1C(=O)C[C@H](OC(=O)COc2ccccc2)C1=O. The van der Waals surface area contributed by atoms with Crippen molar-refractivity contribution >= 4 is 17.5 Å². The number of nitrogens with two attached hydrogens (primary N) is 1. The number of Topliss-reactive ketones (excluding diaryl/α,β-unsaturated/α-hetero) is 2.